The molecule has 0 aliphatic heterocycles. The minimum Gasteiger partial charge on any atom is -0.352 e. The van der Waals surface area contributed by atoms with Crippen LogP contribution >= 0.6 is 0 Å². The summed E-state index contributed by atoms with van der Waals surface area (Å²) in [5.74, 6) is -0.991. The highest BCUT2D eigenvalue weighted by Crippen LogP contribution is 2.21. The molecule has 0 bridgehead atoms. The quantitative estimate of drug-likeness (QED) is 0.751. The van der Waals surface area contributed by atoms with E-state index >= 15 is 0 Å². The first kappa shape index (κ1) is 20.9. The number of hydrogen-bond acceptors (Lipinski definition) is 3. The molecule has 146 valence electrons. The summed E-state index contributed by atoms with van der Waals surface area (Å²) in [4.78, 5) is 12.6. The van der Waals surface area contributed by atoms with Gasteiger partial charge < -0.3 is 5.32 Å². The van der Waals surface area contributed by atoms with E-state index in [-0.39, 0.29) is 11.7 Å². The number of benzene rings is 2. The van der Waals surface area contributed by atoms with E-state index in [2.05, 4.69) is 5.32 Å². The SMILES string of the molecule is C[C@@H](CCc1ccccc1)NC(=O)[C@H](C)N(c1cccc(F)c1)S(C)(=O)=O. The van der Waals surface area contributed by atoms with Gasteiger partial charge in [-0.05, 0) is 50.5 Å². The van der Waals surface area contributed by atoms with Crippen molar-refractivity contribution in [2.75, 3.05) is 10.6 Å². The molecule has 0 aromatic heterocycles. The smallest absolute Gasteiger partial charge is 0.243 e. The van der Waals surface area contributed by atoms with E-state index in [0.717, 1.165) is 29.5 Å². The Labute approximate surface area is 160 Å². The number of amides is 1. The summed E-state index contributed by atoms with van der Waals surface area (Å²) < 4.78 is 38.9. The summed E-state index contributed by atoms with van der Waals surface area (Å²) in [6, 6.07) is 14.0. The number of nitrogens with one attached hydrogen (secondary N) is 1. The third-order valence-electron chi connectivity index (χ3n) is 4.25. The molecular weight excluding hydrogens is 367 g/mol. The van der Waals surface area contributed by atoms with Crippen LogP contribution in [-0.2, 0) is 21.2 Å². The van der Waals surface area contributed by atoms with Gasteiger partial charge in [0, 0.05) is 6.04 Å². The number of anilines is 1. The van der Waals surface area contributed by atoms with Gasteiger partial charge in [0.25, 0.3) is 0 Å². The zero-order valence-corrected chi connectivity index (χ0v) is 16.5. The van der Waals surface area contributed by atoms with Gasteiger partial charge in [-0.3, -0.25) is 9.10 Å². The summed E-state index contributed by atoms with van der Waals surface area (Å²) in [5, 5.41) is 2.85. The Bertz CT molecular complexity index is 872. The van der Waals surface area contributed by atoms with Crippen LogP contribution in [0.4, 0.5) is 10.1 Å². The molecule has 2 aromatic carbocycles. The Balaban J connectivity index is 2.06. The normalized spacial score (nSPS) is 13.6. The van der Waals surface area contributed by atoms with Gasteiger partial charge in [0.2, 0.25) is 15.9 Å². The van der Waals surface area contributed by atoms with Crippen LogP contribution in [-0.4, -0.2) is 32.7 Å². The van der Waals surface area contributed by atoms with E-state index in [1.165, 1.54) is 30.7 Å². The number of rotatable bonds is 8. The molecular formula is C20H25FN2O3S. The van der Waals surface area contributed by atoms with E-state index in [0.29, 0.717) is 0 Å². The molecule has 2 atom stereocenters. The average molecular weight is 392 g/mol. The lowest BCUT2D eigenvalue weighted by Gasteiger charge is -2.29. The van der Waals surface area contributed by atoms with E-state index in [1.54, 1.807) is 0 Å². The van der Waals surface area contributed by atoms with Crippen LogP contribution in [0.25, 0.3) is 0 Å². The molecule has 5 nitrogen and oxygen atoms in total. The van der Waals surface area contributed by atoms with E-state index in [4.69, 9.17) is 0 Å². The van der Waals surface area contributed by atoms with Gasteiger partial charge in [-0.25, -0.2) is 12.8 Å². The van der Waals surface area contributed by atoms with Gasteiger partial charge in [-0.2, -0.15) is 0 Å². The van der Waals surface area contributed by atoms with Crippen LogP contribution in [0.5, 0.6) is 0 Å². The zero-order chi connectivity index (χ0) is 20.0. The molecule has 2 aromatic rings. The molecule has 1 amide bonds. The van der Waals surface area contributed by atoms with Crippen LogP contribution in [0.15, 0.2) is 54.6 Å². The fourth-order valence-electron chi connectivity index (χ4n) is 2.89. The number of nitrogens with zero attached hydrogens (tertiary/aromatic N) is 1. The predicted molar refractivity (Wildman–Crippen MR) is 106 cm³/mol. The number of carbonyl (C=O) groups is 1. The van der Waals surface area contributed by atoms with Crippen LogP contribution in [0.2, 0.25) is 0 Å². The zero-order valence-electron chi connectivity index (χ0n) is 15.7. The van der Waals surface area contributed by atoms with Crippen LogP contribution in [0.3, 0.4) is 0 Å². The maximum Gasteiger partial charge on any atom is 0.243 e. The van der Waals surface area contributed by atoms with Crippen molar-refractivity contribution in [1.82, 2.24) is 5.32 Å². The van der Waals surface area contributed by atoms with Crippen molar-refractivity contribution in [2.45, 2.75) is 38.8 Å². The molecule has 1 N–H and O–H groups in total. The fourth-order valence-corrected chi connectivity index (χ4v) is 4.05. The number of carbonyl (C=O) groups excluding carboxylic acids is 1. The molecule has 27 heavy (non-hydrogen) atoms. The lowest BCUT2D eigenvalue weighted by molar-refractivity contribution is -0.122. The summed E-state index contributed by atoms with van der Waals surface area (Å²) in [6.45, 7) is 3.37. The van der Waals surface area contributed by atoms with Gasteiger partial charge in [0.15, 0.2) is 0 Å². The van der Waals surface area contributed by atoms with Crippen molar-refractivity contribution in [2.24, 2.45) is 0 Å². The predicted octanol–water partition coefficient (Wildman–Crippen LogP) is 3.12. The molecule has 2 rings (SSSR count). The average Bonchev–Trinajstić information content (AvgIpc) is 2.60. The second kappa shape index (κ2) is 8.99. The van der Waals surface area contributed by atoms with Crippen LogP contribution in [0, 0.1) is 5.82 Å². The Kier molecular flexibility index (Phi) is 6.96. The van der Waals surface area contributed by atoms with E-state index in [9.17, 15) is 17.6 Å². The number of halogens is 1. The Morgan fingerprint density at radius 3 is 2.37 bits per heavy atom. The summed E-state index contributed by atoms with van der Waals surface area (Å²) in [6.07, 6.45) is 2.53. The first-order chi connectivity index (χ1) is 12.7. The van der Waals surface area contributed by atoms with Crippen molar-refractivity contribution in [3.8, 4) is 0 Å². The lowest BCUT2D eigenvalue weighted by atomic mass is 10.1. The second-order valence-electron chi connectivity index (χ2n) is 6.65. The molecule has 0 spiro atoms. The van der Waals surface area contributed by atoms with Crippen LogP contribution < -0.4 is 9.62 Å². The molecule has 0 unspecified atom stereocenters. The van der Waals surface area contributed by atoms with Crippen molar-refractivity contribution < 1.29 is 17.6 Å². The van der Waals surface area contributed by atoms with E-state index < -0.39 is 27.8 Å². The molecule has 0 heterocycles. The highest BCUT2D eigenvalue weighted by atomic mass is 32.2. The van der Waals surface area contributed by atoms with Crippen LogP contribution in [0.1, 0.15) is 25.8 Å². The Morgan fingerprint density at radius 1 is 1.11 bits per heavy atom. The maximum absolute atomic E-state index is 13.5. The first-order valence-electron chi connectivity index (χ1n) is 8.77. The van der Waals surface area contributed by atoms with Gasteiger partial charge >= 0.3 is 0 Å². The fraction of sp³-hybridized carbons (Fsp3) is 0.350. The lowest BCUT2D eigenvalue weighted by Crippen LogP contribution is -2.50. The largest absolute Gasteiger partial charge is 0.352 e. The topological polar surface area (TPSA) is 66.5 Å². The minimum absolute atomic E-state index is 0.122. The molecule has 0 aliphatic carbocycles. The van der Waals surface area contributed by atoms with Crippen molar-refractivity contribution in [1.29, 1.82) is 0 Å². The third-order valence-corrected chi connectivity index (χ3v) is 5.49. The van der Waals surface area contributed by atoms with Gasteiger partial charge in [0.1, 0.15) is 11.9 Å². The van der Waals surface area contributed by atoms with Crippen molar-refractivity contribution >= 4 is 21.6 Å². The monoisotopic (exact) mass is 392 g/mol. The summed E-state index contributed by atoms with van der Waals surface area (Å²) in [7, 11) is -3.76. The highest BCUT2D eigenvalue weighted by Gasteiger charge is 2.29. The first-order valence-corrected chi connectivity index (χ1v) is 10.6. The van der Waals surface area contributed by atoms with Crippen molar-refractivity contribution in [3.63, 3.8) is 0 Å². The second-order valence-corrected chi connectivity index (χ2v) is 8.51. The standard InChI is InChI=1S/C20H25FN2O3S/c1-15(12-13-17-8-5-4-6-9-17)22-20(24)16(2)23(27(3,25)26)19-11-7-10-18(21)14-19/h4-11,14-16H,12-13H2,1-3H3,(H,22,24)/t15-,16-/m0/s1. The van der Waals surface area contributed by atoms with E-state index in [1.807, 2.05) is 37.3 Å². The minimum atomic E-state index is -3.76. The third kappa shape index (κ3) is 6.06. The Hall–Kier alpha value is -2.41. The molecule has 0 saturated carbocycles. The molecule has 0 saturated heterocycles. The number of aryl methyl sites for hydroxylation is 1. The van der Waals surface area contributed by atoms with Gasteiger partial charge in [0.05, 0.1) is 11.9 Å². The summed E-state index contributed by atoms with van der Waals surface area (Å²) >= 11 is 0. The molecule has 0 fully saturated rings. The summed E-state index contributed by atoms with van der Waals surface area (Å²) in [5.41, 5.74) is 1.29. The maximum atomic E-state index is 13.5. The van der Waals surface area contributed by atoms with Crippen molar-refractivity contribution in [3.05, 3.63) is 66.0 Å². The highest BCUT2D eigenvalue weighted by molar-refractivity contribution is 7.92. The number of hydrogen-bond donors (Lipinski definition) is 1. The molecule has 7 heteroatoms. The van der Waals surface area contributed by atoms with Gasteiger partial charge in [-0.15, -0.1) is 0 Å². The molecule has 0 radical (unpaired) electrons. The number of sulfonamides is 1. The molecule has 0 aliphatic rings. The Morgan fingerprint density at radius 2 is 1.78 bits per heavy atom. The van der Waals surface area contributed by atoms with Gasteiger partial charge in [-0.1, -0.05) is 36.4 Å².